The van der Waals surface area contributed by atoms with Crippen LogP contribution in [0.1, 0.15) is 15.9 Å². The fraction of sp³-hybridized carbons (Fsp3) is 0.0625. The number of carbonyl (C=O) groups is 1. The number of benzene rings is 2. The van der Waals surface area contributed by atoms with Gasteiger partial charge in [0.15, 0.2) is 0 Å². The average Bonchev–Trinajstić information content (AvgIpc) is 2.49. The van der Waals surface area contributed by atoms with Crippen LogP contribution in [0.15, 0.2) is 42.5 Å². The number of hydrogen-bond donors (Lipinski definition) is 2. The molecular formula is C16H11ClFNO2. The Hall–Kier alpha value is -2.35. The number of rotatable bonds is 2. The van der Waals surface area contributed by atoms with Crippen LogP contribution < -0.4 is 5.32 Å². The summed E-state index contributed by atoms with van der Waals surface area (Å²) in [4.78, 5) is 12.0. The quantitative estimate of drug-likeness (QED) is 0.838. The van der Waals surface area contributed by atoms with Crippen LogP contribution in [-0.4, -0.2) is 17.6 Å². The minimum absolute atomic E-state index is 0.0247. The fourth-order valence-electron chi connectivity index (χ4n) is 1.63. The predicted octanol–water partition coefficient (Wildman–Crippen LogP) is 3.08. The van der Waals surface area contributed by atoms with Gasteiger partial charge in [0.05, 0.1) is 5.69 Å². The summed E-state index contributed by atoms with van der Waals surface area (Å²) >= 11 is 5.76. The van der Waals surface area contributed by atoms with Gasteiger partial charge in [0, 0.05) is 16.1 Å². The Morgan fingerprint density at radius 3 is 2.62 bits per heavy atom. The minimum atomic E-state index is -0.557. The summed E-state index contributed by atoms with van der Waals surface area (Å²) in [6.45, 7) is -0.226. The number of carbonyl (C=O) groups excluding carboxylic acids is 1. The first-order valence-electron chi connectivity index (χ1n) is 6.06. The van der Waals surface area contributed by atoms with Crippen LogP contribution >= 0.6 is 11.6 Å². The zero-order valence-electron chi connectivity index (χ0n) is 10.9. The predicted molar refractivity (Wildman–Crippen MR) is 79.8 cm³/mol. The Morgan fingerprint density at radius 2 is 1.95 bits per heavy atom. The maximum atomic E-state index is 13.5. The number of halogens is 2. The molecule has 1 amide bonds. The Kier molecular flexibility index (Phi) is 4.94. The highest BCUT2D eigenvalue weighted by molar-refractivity contribution is 6.31. The highest BCUT2D eigenvalue weighted by Gasteiger charge is 2.09. The molecule has 0 bridgehead atoms. The molecular weight excluding hydrogens is 293 g/mol. The van der Waals surface area contributed by atoms with Crippen molar-refractivity contribution in [2.75, 3.05) is 11.9 Å². The summed E-state index contributed by atoms with van der Waals surface area (Å²) in [5.74, 6) is 4.22. The molecule has 0 saturated carbocycles. The average molecular weight is 304 g/mol. The first-order chi connectivity index (χ1) is 10.1. The lowest BCUT2D eigenvalue weighted by Gasteiger charge is -2.07. The van der Waals surface area contributed by atoms with E-state index in [9.17, 15) is 9.18 Å². The molecule has 21 heavy (non-hydrogen) atoms. The number of nitrogens with one attached hydrogen (secondary N) is 1. The summed E-state index contributed by atoms with van der Waals surface area (Å²) in [6.07, 6.45) is 0. The van der Waals surface area contributed by atoms with Gasteiger partial charge in [-0.25, -0.2) is 4.39 Å². The molecule has 3 nitrogen and oxygen atoms in total. The summed E-state index contributed by atoms with van der Waals surface area (Å²) in [5, 5.41) is 11.4. The van der Waals surface area contributed by atoms with E-state index in [1.165, 1.54) is 18.2 Å². The summed E-state index contributed by atoms with van der Waals surface area (Å²) < 4.78 is 13.5. The van der Waals surface area contributed by atoms with Crippen LogP contribution in [0.4, 0.5) is 10.1 Å². The normalized spacial score (nSPS) is 9.67. The summed E-state index contributed by atoms with van der Waals surface area (Å²) in [7, 11) is 0. The van der Waals surface area contributed by atoms with Crippen molar-refractivity contribution in [1.82, 2.24) is 0 Å². The van der Waals surface area contributed by atoms with Crippen molar-refractivity contribution in [3.8, 4) is 11.8 Å². The number of aliphatic hydroxyl groups is 1. The molecule has 0 saturated heterocycles. The van der Waals surface area contributed by atoms with E-state index < -0.39 is 11.7 Å². The highest BCUT2D eigenvalue weighted by atomic mass is 35.5. The lowest BCUT2D eigenvalue weighted by molar-refractivity contribution is 0.102. The molecule has 2 aromatic rings. The van der Waals surface area contributed by atoms with Crippen LogP contribution in [0, 0.1) is 17.7 Å². The van der Waals surface area contributed by atoms with E-state index in [0.29, 0.717) is 16.1 Å². The number of anilines is 1. The maximum absolute atomic E-state index is 13.5. The fourth-order valence-corrected chi connectivity index (χ4v) is 1.81. The van der Waals surface area contributed by atoms with E-state index in [1.54, 1.807) is 24.3 Å². The van der Waals surface area contributed by atoms with Gasteiger partial charge in [-0.15, -0.1) is 0 Å². The molecule has 2 N–H and O–H groups in total. The zero-order valence-corrected chi connectivity index (χ0v) is 11.6. The molecule has 0 spiro atoms. The van der Waals surface area contributed by atoms with Crippen LogP contribution in [0.5, 0.6) is 0 Å². The van der Waals surface area contributed by atoms with Gasteiger partial charge in [0.2, 0.25) is 0 Å². The van der Waals surface area contributed by atoms with Crippen molar-refractivity contribution in [2.45, 2.75) is 0 Å². The SMILES string of the molecule is O=C(Nc1cc(Cl)ccc1F)c1ccc(C#CCO)cc1. The molecule has 5 heteroatoms. The number of amides is 1. The summed E-state index contributed by atoms with van der Waals surface area (Å²) in [6, 6.07) is 10.4. The third kappa shape index (κ3) is 4.06. The smallest absolute Gasteiger partial charge is 0.255 e. The minimum Gasteiger partial charge on any atom is -0.384 e. The molecule has 0 aliphatic carbocycles. The first-order valence-corrected chi connectivity index (χ1v) is 6.44. The molecule has 0 unspecified atom stereocenters. The van der Waals surface area contributed by atoms with Gasteiger partial charge in [-0.3, -0.25) is 4.79 Å². The van der Waals surface area contributed by atoms with Gasteiger partial charge in [0.1, 0.15) is 12.4 Å². The van der Waals surface area contributed by atoms with Gasteiger partial charge < -0.3 is 10.4 Å². The van der Waals surface area contributed by atoms with Crippen LogP contribution in [0.2, 0.25) is 5.02 Å². The molecule has 0 aliphatic heterocycles. The molecule has 106 valence electrons. The Morgan fingerprint density at radius 1 is 1.24 bits per heavy atom. The monoisotopic (exact) mass is 303 g/mol. The molecule has 0 atom stereocenters. The number of hydrogen-bond acceptors (Lipinski definition) is 2. The zero-order chi connectivity index (χ0) is 15.2. The van der Waals surface area contributed by atoms with E-state index >= 15 is 0 Å². The highest BCUT2D eigenvalue weighted by Crippen LogP contribution is 2.20. The molecule has 0 aromatic heterocycles. The Bertz CT molecular complexity index is 717. The van der Waals surface area contributed by atoms with Gasteiger partial charge in [-0.05, 0) is 42.5 Å². The van der Waals surface area contributed by atoms with E-state index in [1.807, 2.05) is 0 Å². The van der Waals surface area contributed by atoms with E-state index in [0.717, 1.165) is 0 Å². The van der Waals surface area contributed by atoms with E-state index in [2.05, 4.69) is 17.2 Å². The third-order valence-electron chi connectivity index (χ3n) is 2.64. The maximum Gasteiger partial charge on any atom is 0.255 e. The van der Waals surface area contributed by atoms with Crippen molar-refractivity contribution >= 4 is 23.2 Å². The lowest BCUT2D eigenvalue weighted by Crippen LogP contribution is -2.12. The van der Waals surface area contributed by atoms with Gasteiger partial charge in [-0.1, -0.05) is 23.4 Å². The molecule has 0 radical (unpaired) electrons. The van der Waals surface area contributed by atoms with E-state index in [-0.39, 0.29) is 12.3 Å². The second-order valence-electron chi connectivity index (χ2n) is 4.12. The van der Waals surface area contributed by atoms with Crippen LogP contribution in [-0.2, 0) is 0 Å². The second-order valence-corrected chi connectivity index (χ2v) is 4.55. The van der Waals surface area contributed by atoms with Crippen LogP contribution in [0.3, 0.4) is 0 Å². The van der Waals surface area contributed by atoms with Crippen molar-refractivity contribution in [3.05, 3.63) is 64.4 Å². The molecule has 2 aromatic carbocycles. The van der Waals surface area contributed by atoms with Crippen LogP contribution in [0.25, 0.3) is 0 Å². The van der Waals surface area contributed by atoms with Crippen molar-refractivity contribution in [2.24, 2.45) is 0 Å². The third-order valence-corrected chi connectivity index (χ3v) is 2.87. The largest absolute Gasteiger partial charge is 0.384 e. The first kappa shape index (κ1) is 15.0. The molecule has 0 heterocycles. The summed E-state index contributed by atoms with van der Waals surface area (Å²) in [5.41, 5.74) is 1.06. The van der Waals surface area contributed by atoms with Crippen molar-refractivity contribution in [1.29, 1.82) is 0 Å². The van der Waals surface area contributed by atoms with Gasteiger partial charge >= 0.3 is 0 Å². The van der Waals surface area contributed by atoms with Gasteiger partial charge in [-0.2, -0.15) is 0 Å². The van der Waals surface area contributed by atoms with Crippen molar-refractivity contribution < 1.29 is 14.3 Å². The van der Waals surface area contributed by atoms with Crippen molar-refractivity contribution in [3.63, 3.8) is 0 Å². The van der Waals surface area contributed by atoms with E-state index in [4.69, 9.17) is 16.7 Å². The lowest BCUT2D eigenvalue weighted by atomic mass is 10.1. The second kappa shape index (κ2) is 6.89. The molecule has 2 rings (SSSR count). The number of aliphatic hydroxyl groups excluding tert-OH is 1. The Labute approximate surface area is 126 Å². The Balaban J connectivity index is 2.15. The molecule has 0 fully saturated rings. The molecule has 0 aliphatic rings. The van der Waals surface area contributed by atoms with Gasteiger partial charge in [0.25, 0.3) is 5.91 Å². The standard InChI is InChI=1S/C16H11ClFNO2/c17-13-7-8-14(18)15(10-13)19-16(21)12-5-3-11(4-6-12)2-1-9-20/h3-8,10,20H,9H2,(H,19,21). The topological polar surface area (TPSA) is 49.3 Å².